The first-order chi connectivity index (χ1) is 33.6. The number of alkyl halides is 1. The van der Waals surface area contributed by atoms with Crippen LogP contribution in [0.2, 0.25) is 0 Å². The number of amides is 2. The summed E-state index contributed by atoms with van der Waals surface area (Å²) in [5, 5.41) is 42.7. The molecule has 7 aromatic rings. The zero-order chi connectivity index (χ0) is 53.5. The molecule has 5 aromatic heterocycles. The summed E-state index contributed by atoms with van der Waals surface area (Å²) in [6.07, 6.45) is 7.53. The van der Waals surface area contributed by atoms with Crippen molar-refractivity contribution in [2.24, 2.45) is 0 Å². The highest BCUT2D eigenvalue weighted by Crippen LogP contribution is 2.27. The molecule has 71 heavy (non-hydrogen) atoms. The molecule has 0 saturated carbocycles. The third-order valence-electron chi connectivity index (χ3n) is 10.2. The van der Waals surface area contributed by atoms with Gasteiger partial charge in [0.25, 0.3) is 5.91 Å². The Hall–Kier alpha value is -8.15. The molecule has 23 heteroatoms. The van der Waals surface area contributed by atoms with E-state index in [1.54, 1.807) is 58.3 Å². The predicted molar refractivity (Wildman–Crippen MR) is 260 cm³/mol. The summed E-state index contributed by atoms with van der Waals surface area (Å²) in [5.74, 6) is -1.43. The standard InChI is InChI=1S/C30H33N7O5S.C17H14N4O4S.CH3F/c1-17-8-21-10-20(11-25(43(7,40)41)27(21)32-13-17)15-37-16-23(24(12-31)36-37)28(38)33-14-22-18(2)9-26(34-19(22)3)35-29(39)42-30(4,5)6;1-10-3-12-4-11(5-15(26(2,24)25)16(12)19-7-10)8-21-9-13(17(22)23)14(6-18)20-21;1-2/h8-11,13,16H,14-15H2,1-7H3,(H,33,38)(H,34,35,39);3-5,7,9H,8H2,1-2H3,(H,22,23);1H3/i;;1D. The van der Waals surface area contributed by atoms with Crippen LogP contribution in [0.5, 0.6) is 0 Å². The minimum Gasteiger partial charge on any atom is -0.478 e. The zero-order valence-electron chi connectivity index (χ0n) is 41.1. The summed E-state index contributed by atoms with van der Waals surface area (Å²) < 4.78 is 72.8. The van der Waals surface area contributed by atoms with E-state index in [2.05, 4.69) is 35.8 Å². The van der Waals surface area contributed by atoms with Crippen LogP contribution in [0.25, 0.3) is 21.8 Å². The fraction of sp³-hybridized carbons (Fsp3) is 0.292. The fourth-order valence-electron chi connectivity index (χ4n) is 7.25. The monoisotopic (exact) mass is 1010 g/mol. The number of fused-ring (bicyclic) bond motifs is 2. The molecule has 0 radical (unpaired) electrons. The molecular weight excluding hydrogens is 958 g/mol. The molecule has 0 saturated heterocycles. The third kappa shape index (κ3) is 13.6. The van der Waals surface area contributed by atoms with Crippen LogP contribution in [0, 0.1) is 50.4 Å². The van der Waals surface area contributed by atoms with E-state index in [1.165, 1.54) is 33.9 Å². The van der Waals surface area contributed by atoms with Crippen LogP contribution in [-0.2, 0) is 44.0 Å². The number of hydrogen-bond donors (Lipinski definition) is 3. The molecule has 0 aliphatic carbocycles. The van der Waals surface area contributed by atoms with Gasteiger partial charge in [0.15, 0.2) is 31.1 Å². The molecule has 370 valence electrons. The maximum atomic E-state index is 13.1. The number of halogens is 1. The van der Waals surface area contributed by atoms with E-state index in [-0.39, 0.29) is 51.9 Å². The Morgan fingerprint density at radius 2 is 1.25 bits per heavy atom. The van der Waals surface area contributed by atoms with Crippen molar-refractivity contribution in [2.45, 2.75) is 83.5 Å². The Morgan fingerprint density at radius 3 is 1.66 bits per heavy atom. The number of anilines is 1. The van der Waals surface area contributed by atoms with Crippen LogP contribution >= 0.6 is 0 Å². The van der Waals surface area contributed by atoms with E-state index < -0.39 is 50.4 Å². The van der Waals surface area contributed by atoms with Crippen LogP contribution in [0.4, 0.5) is 15.0 Å². The van der Waals surface area contributed by atoms with Crippen molar-refractivity contribution in [1.29, 1.82) is 10.5 Å². The van der Waals surface area contributed by atoms with Gasteiger partial charge in [0.05, 0.1) is 48.0 Å². The highest BCUT2D eigenvalue weighted by atomic mass is 32.2. The Labute approximate surface area is 410 Å². The largest absolute Gasteiger partial charge is 0.478 e. The zero-order valence-corrected chi connectivity index (χ0v) is 41.7. The number of nitriles is 2. The Kier molecular flexibility index (Phi) is 15.9. The molecule has 20 nitrogen and oxygen atoms in total. The number of rotatable bonds is 11. The van der Waals surface area contributed by atoms with Gasteiger partial charge < -0.3 is 15.2 Å². The molecule has 0 aliphatic rings. The number of nitrogens with zero attached hydrogens (tertiary/aromatic N) is 9. The molecule has 0 atom stereocenters. The summed E-state index contributed by atoms with van der Waals surface area (Å²) in [6, 6.07) is 15.7. The van der Waals surface area contributed by atoms with Crippen molar-refractivity contribution in [3.8, 4) is 12.1 Å². The van der Waals surface area contributed by atoms with Crippen molar-refractivity contribution in [1.82, 2.24) is 39.8 Å². The Balaban J connectivity index is 0.000000282. The molecule has 0 unspecified atom stereocenters. The second kappa shape index (κ2) is 21.6. The predicted octanol–water partition coefficient (Wildman–Crippen LogP) is 6.70. The summed E-state index contributed by atoms with van der Waals surface area (Å²) in [7, 11) is -8.09. The van der Waals surface area contributed by atoms with Gasteiger partial charge in [-0.2, -0.15) is 20.7 Å². The molecule has 2 aromatic carbocycles. The van der Waals surface area contributed by atoms with Crippen molar-refractivity contribution in [2.75, 3.05) is 25.0 Å². The van der Waals surface area contributed by atoms with Crippen molar-refractivity contribution in [3.05, 3.63) is 129 Å². The van der Waals surface area contributed by atoms with E-state index in [9.17, 15) is 40.9 Å². The topological polar surface area (TPSA) is 295 Å². The summed E-state index contributed by atoms with van der Waals surface area (Å²) >= 11 is 0. The molecule has 0 aliphatic heterocycles. The SMILES string of the molecule is Cc1cnc2c(S(C)(=O)=O)cc(Cn3cc(C(=O)NCc4c(C)cc(NC(=O)OC(C)(C)C)nc4C)c(C#N)n3)cc2c1.Cc1cnc2c(S(C)(=O)=O)cc(Cn3cc(C(=O)O)c(C#N)n3)cc2c1.[2H]CF. The molecule has 0 fully saturated rings. The van der Waals surface area contributed by atoms with Gasteiger partial charge in [-0.25, -0.2) is 31.4 Å². The average Bonchev–Trinajstić information content (AvgIpc) is 3.88. The number of carbonyl (C=O) groups is 3. The van der Waals surface area contributed by atoms with Gasteiger partial charge in [0, 0.05) is 60.3 Å². The van der Waals surface area contributed by atoms with E-state index in [4.69, 9.17) is 16.5 Å². The van der Waals surface area contributed by atoms with Crippen molar-refractivity contribution in [3.63, 3.8) is 0 Å². The van der Waals surface area contributed by atoms with Crippen LogP contribution in [-0.4, -0.2) is 99.7 Å². The first kappa shape index (κ1) is 52.2. The molecule has 5 heterocycles. The molecule has 3 N–H and O–H groups in total. The number of carbonyl (C=O) groups excluding carboxylic acids is 2. The number of hydrogen-bond acceptors (Lipinski definition) is 15. The summed E-state index contributed by atoms with van der Waals surface area (Å²) in [5.41, 5.74) is 4.86. The smallest absolute Gasteiger partial charge is 0.413 e. The fourth-order valence-corrected chi connectivity index (χ4v) is 9.02. The molecule has 7 rings (SSSR count). The van der Waals surface area contributed by atoms with E-state index in [1.807, 2.05) is 45.0 Å². The van der Waals surface area contributed by atoms with Gasteiger partial charge in [-0.05, 0) is 124 Å². The van der Waals surface area contributed by atoms with Gasteiger partial charge >= 0.3 is 12.1 Å². The number of carboxylic acids is 1. The summed E-state index contributed by atoms with van der Waals surface area (Å²) in [6.45, 7) is 13.0. The Morgan fingerprint density at radius 1 is 0.789 bits per heavy atom. The highest BCUT2D eigenvalue weighted by molar-refractivity contribution is 7.91. The molecular formula is C48H50FN11O9S2. The maximum absolute atomic E-state index is 13.1. The highest BCUT2D eigenvalue weighted by Gasteiger charge is 2.22. The molecule has 0 spiro atoms. The van der Waals surface area contributed by atoms with Crippen LogP contribution in [0.15, 0.2) is 77.0 Å². The number of aromatic carboxylic acids is 1. The van der Waals surface area contributed by atoms with Gasteiger partial charge in [-0.1, -0.05) is 0 Å². The lowest BCUT2D eigenvalue weighted by Gasteiger charge is -2.20. The van der Waals surface area contributed by atoms with Crippen molar-refractivity contribution >= 4 is 65.3 Å². The Bertz CT molecular complexity index is 3560. The van der Waals surface area contributed by atoms with E-state index in [0.29, 0.717) is 44.4 Å². The number of ether oxygens (including phenoxy) is 1. The molecule has 2 amide bonds. The average molecular weight is 1010 g/mol. The number of carboxylic acid groups (broad SMARTS) is 1. The quantitative estimate of drug-likeness (QED) is 0.121. The third-order valence-corrected chi connectivity index (χ3v) is 12.4. The van der Waals surface area contributed by atoms with Crippen LogP contribution < -0.4 is 10.6 Å². The lowest BCUT2D eigenvalue weighted by Crippen LogP contribution is -2.28. The molecule has 0 bridgehead atoms. The number of sulfone groups is 2. The lowest BCUT2D eigenvalue weighted by molar-refractivity contribution is 0.0633. The number of nitrogens with one attached hydrogen (secondary N) is 2. The first-order valence-electron chi connectivity index (χ1n) is 21.8. The number of pyridine rings is 3. The van der Waals surface area contributed by atoms with E-state index in [0.717, 1.165) is 34.8 Å². The lowest BCUT2D eigenvalue weighted by atomic mass is 10.1. The van der Waals surface area contributed by atoms with Crippen LogP contribution in [0.3, 0.4) is 0 Å². The van der Waals surface area contributed by atoms with E-state index >= 15 is 0 Å². The first-order valence-corrected chi connectivity index (χ1v) is 24.9. The number of benzene rings is 2. The minimum absolute atomic E-state index is 0.0670. The van der Waals surface area contributed by atoms with Gasteiger partial charge in [0.1, 0.15) is 29.1 Å². The maximum Gasteiger partial charge on any atom is 0.413 e. The van der Waals surface area contributed by atoms with Crippen LogP contribution in [0.1, 0.15) is 93.3 Å². The van der Waals surface area contributed by atoms with Crippen molar-refractivity contribution < 1.29 is 46.8 Å². The number of aromatic nitrogens is 7. The normalized spacial score (nSPS) is 11.5. The van der Waals surface area contributed by atoms with Gasteiger partial charge in [-0.15, -0.1) is 0 Å². The number of aryl methyl sites for hydroxylation is 4. The second-order valence-corrected chi connectivity index (χ2v) is 21.3. The summed E-state index contributed by atoms with van der Waals surface area (Å²) in [4.78, 5) is 49.5. The van der Waals surface area contributed by atoms with Gasteiger partial charge in [0.2, 0.25) is 0 Å². The van der Waals surface area contributed by atoms with Gasteiger partial charge in [-0.3, -0.25) is 33.8 Å². The second-order valence-electron chi connectivity index (χ2n) is 17.3. The minimum atomic E-state index is -3.58.